The van der Waals surface area contributed by atoms with Crippen LogP contribution < -0.4 is 0 Å². The number of β-lactam (4-membered cyclic amide) rings is 1. The third-order valence-corrected chi connectivity index (χ3v) is 5.72. The third kappa shape index (κ3) is 4.66. The number of carbonyl (C=O) groups is 3. The quantitative estimate of drug-likeness (QED) is 0.556. The van der Waals surface area contributed by atoms with Crippen LogP contribution in [0.1, 0.15) is 86.5 Å². The van der Waals surface area contributed by atoms with Gasteiger partial charge in [0.25, 0.3) is 5.91 Å². The summed E-state index contributed by atoms with van der Waals surface area (Å²) < 4.78 is 5.40. The van der Waals surface area contributed by atoms with E-state index >= 15 is 0 Å². The van der Waals surface area contributed by atoms with Crippen molar-refractivity contribution < 1.29 is 19.1 Å². The van der Waals surface area contributed by atoms with E-state index in [-0.39, 0.29) is 46.7 Å². The first kappa shape index (κ1) is 20.9. The van der Waals surface area contributed by atoms with E-state index in [2.05, 4.69) is 20.8 Å². The van der Waals surface area contributed by atoms with Crippen LogP contribution in [0.5, 0.6) is 0 Å². The number of hydrogen-bond donors (Lipinski definition) is 0. The molecule has 0 aromatic rings. The van der Waals surface area contributed by atoms with E-state index in [1.807, 2.05) is 20.8 Å². The number of esters is 1. The number of likely N-dealkylation sites (tertiary alicyclic amines) is 1. The highest BCUT2D eigenvalue weighted by molar-refractivity contribution is 6.02. The van der Waals surface area contributed by atoms with Crippen molar-refractivity contribution in [1.29, 1.82) is 0 Å². The first-order valence-electron chi connectivity index (χ1n) is 9.88. The lowest BCUT2D eigenvalue weighted by atomic mass is 9.72. The fourth-order valence-corrected chi connectivity index (χ4v) is 4.28. The summed E-state index contributed by atoms with van der Waals surface area (Å²) in [6.45, 7) is 12.0. The largest absolute Gasteiger partial charge is 0.455 e. The summed E-state index contributed by atoms with van der Waals surface area (Å²) in [5.74, 6) is -1.12. The molecule has 5 nitrogen and oxygen atoms in total. The van der Waals surface area contributed by atoms with Gasteiger partial charge in [-0.25, -0.2) is 0 Å². The summed E-state index contributed by atoms with van der Waals surface area (Å²) in [4.78, 5) is 38.7. The van der Waals surface area contributed by atoms with Crippen LogP contribution in [0.3, 0.4) is 0 Å². The molecule has 0 aromatic carbocycles. The zero-order chi connectivity index (χ0) is 19.8. The lowest BCUT2D eigenvalue weighted by Gasteiger charge is -2.52. The van der Waals surface area contributed by atoms with Gasteiger partial charge in [-0.2, -0.15) is 0 Å². The lowest BCUT2D eigenvalue weighted by molar-refractivity contribution is -0.177. The average molecular weight is 366 g/mol. The molecule has 1 saturated carbocycles. The Balaban J connectivity index is 1.98. The Hall–Kier alpha value is -1.39. The van der Waals surface area contributed by atoms with Crippen molar-refractivity contribution in [3.63, 3.8) is 0 Å². The smallest absolute Gasteiger partial charge is 0.309 e. The highest BCUT2D eigenvalue weighted by Gasteiger charge is 2.54. The number of carbonyl (C=O) groups excluding carboxylic acids is 3. The van der Waals surface area contributed by atoms with E-state index in [1.165, 1.54) is 4.90 Å². The molecule has 1 heterocycles. The number of nitrogens with zero attached hydrogens (tertiary/aromatic N) is 1. The van der Waals surface area contributed by atoms with Gasteiger partial charge < -0.3 is 4.74 Å². The second kappa shape index (κ2) is 7.32. The normalized spacial score (nSPS) is 21.3. The molecule has 1 atom stereocenters. The van der Waals surface area contributed by atoms with Gasteiger partial charge in [-0.1, -0.05) is 60.8 Å². The van der Waals surface area contributed by atoms with Gasteiger partial charge in [0.1, 0.15) is 0 Å². The summed E-state index contributed by atoms with van der Waals surface area (Å²) in [7, 11) is 0. The molecule has 2 fully saturated rings. The second-order valence-corrected chi connectivity index (χ2v) is 10.4. The molecule has 1 aliphatic heterocycles. The Morgan fingerprint density at radius 1 is 1.08 bits per heavy atom. The number of amides is 2. The van der Waals surface area contributed by atoms with Crippen molar-refractivity contribution in [2.45, 2.75) is 92.0 Å². The topological polar surface area (TPSA) is 63.7 Å². The van der Waals surface area contributed by atoms with Gasteiger partial charge in [-0.15, -0.1) is 0 Å². The van der Waals surface area contributed by atoms with Crippen LogP contribution in [-0.2, 0) is 19.1 Å². The van der Waals surface area contributed by atoms with E-state index in [4.69, 9.17) is 4.74 Å². The summed E-state index contributed by atoms with van der Waals surface area (Å²) in [6, 6.07) is 0. The highest BCUT2D eigenvalue weighted by Crippen LogP contribution is 2.44. The van der Waals surface area contributed by atoms with Gasteiger partial charge in [0, 0.05) is 0 Å². The summed E-state index contributed by atoms with van der Waals surface area (Å²) in [5.41, 5.74) is -0.557. The number of rotatable bonds is 4. The van der Waals surface area contributed by atoms with Crippen LogP contribution >= 0.6 is 0 Å². The monoisotopic (exact) mass is 365 g/mol. The molecule has 2 aliphatic rings. The van der Waals surface area contributed by atoms with Crippen LogP contribution in [0.25, 0.3) is 0 Å². The zero-order valence-corrected chi connectivity index (χ0v) is 17.3. The zero-order valence-electron chi connectivity index (χ0n) is 17.3. The molecule has 2 amide bonds. The van der Waals surface area contributed by atoms with E-state index in [0.29, 0.717) is 12.8 Å². The highest BCUT2D eigenvalue weighted by atomic mass is 16.5. The van der Waals surface area contributed by atoms with Crippen molar-refractivity contribution in [2.75, 3.05) is 6.61 Å². The third-order valence-electron chi connectivity index (χ3n) is 5.72. The minimum absolute atomic E-state index is 0.0133. The van der Waals surface area contributed by atoms with Gasteiger partial charge in [-0.3, -0.25) is 19.3 Å². The van der Waals surface area contributed by atoms with E-state index < -0.39 is 0 Å². The van der Waals surface area contributed by atoms with Crippen molar-refractivity contribution in [2.24, 2.45) is 16.7 Å². The van der Waals surface area contributed by atoms with Gasteiger partial charge >= 0.3 is 5.97 Å². The van der Waals surface area contributed by atoms with E-state index in [9.17, 15) is 14.4 Å². The Labute approximate surface area is 157 Å². The number of hydrogen-bond acceptors (Lipinski definition) is 4. The van der Waals surface area contributed by atoms with Gasteiger partial charge in [0.15, 0.2) is 6.61 Å². The van der Waals surface area contributed by atoms with Crippen LogP contribution in [0.2, 0.25) is 0 Å². The molecule has 0 bridgehead atoms. The molecule has 0 aromatic heterocycles. The second-order valence-electron chi connectivity index (χ2n) is 10.4. The molecule has 0 radical (unpaired) electrons. The maximum Gasteiger partial charge on any atom is 0.309 e. The Morgan fingerprint density at radius 3 is 2.12 bits per heavy atom. The molecule has 5 heteroatoms. The van der Waals surface area contributed by atoms with Crippen LogP contribution in [0.15, 0.2) is 0 Å². The Morgan fingerprint density at radius 2 is 1.65 bits per heavy atom. The minimum Gasteiger partial charge on any atom is -0.455 e. The van der Waals surface area contributed by atoms with Crippen LogP contribution in [0, 0.1) is 16.7 Å². The molecular weight excluding hydrogens is 330 g/mol. The molecule has 26 heavy (non-hydrogen) atoms. The Bertz CT molecular complexity index is 562. The van der Waals surface area contributed by atoms with Gasteiger partial charge in [-0.05, 0) is 30.1 Å². The summed E-state index contributed by atoms with van der Waals surface area (Å²) in [5, 5.41) is 0. The maximum absolute atomic E-state index is 12.7. The maximum atomic E-state index is 12.7. The fraction of sp³-hybridized carbons (Fsp3) is 0.857. The van der Waals surface area contributed by atoms with Crippen molar-refractivity contribution in [3.05, 3.63) is 0 Å². The standard InChI is InChI=1S/C21H35NO4/c1-19(2,3)12-15(20(4,5)6)18(25)26-14-17(24)22-16(23)13-21(22)10-8-7-9-11-21/h15H,7-14H2,1-6H3. The fourth-order valence-electron chi connectivity index (χ4n) is 4.28. The molecule has 1 unspecified atom stereocenters. The van der Waals surface area contributed by atoms with E-state index in [0.717, 1.165) is 32.1 Å². The van der Waals surface area contributed by atoms with Gasteiger partial charge in [0.2, 0.25) is 5.91 Å². The molecular formula is C21H35NO4. The average Bonchev–Trinajstić information content (AvgIpc) is 2.49. The molecule has 1 spiro atoms. The van der Waals surface area contributed by atoms with Crippen molar-refractivity contribution in [1.82, 2.24) is 4.90 Å². The molecule has 148 valence electrons. The molecule has 1 saturated heterocycles. The van der Waals surface area contributed by atoms with Crippen molar-refractivity contribution >= 4 is 17.8 Å². The first-order valence-corrected chi connectivity index (χ1v) is 9.88. The van der Waals surface area contributed by atoms with E-state index in [1.54, 1.807) is 0 Å². The van der Waals surface area contributed by atoms with Crippen LogP contribution in [-0.4, -0.2) is 34.8 Å². The van der Waals surface area contributed by atoms with Crippen LogP contribution in [0.4, 0.5) is 0 Å². The lowest BCUT2D eigenvalue weighted by Crippen LogP contribution is -2.67. The van der Waals surface area contributed by atoms with Crippen molar-refractivity contribution in [3.8, 4) is 0 Å². The number of imide groups is 1. The van der Waals surface area contributed by atoms with Gasteiger partial charge in [0.05, 0.1) is 17.9 Å². The Kier molecular flexibility index (Phi) is 5.89. The predicted octanol–water partition coefficient (Wildman–Crippen LogP) is 4.09. The minimum atomic E-state index is -0.361. The predicted molar refractivity (Wildman–Crippen MR) is 100 cm³/mol. The summed E-state index contributed by atoms with van der Waals surface area (Å²) >= 11 is 0. The SMILES string of the molecule is CC(C)(C)CC(C(=O)OCC(=O)N1C(=O)CC12CCCCC2)C(C)(C)C. The molecule has 2 rings (SSSR count). The molecule has 1 aliphatic carbocycles. The molecule has 0 N–H and O–H groups in total. The summed E-state index contributed by atoms with van der Waals surface area (Å²) in [6.07, 6.45) is 6.17. The number of ether oxygens (including phenoxy) is 1. The first-order chi connectivity index (χ1) is 11.9.